The topological polar surface area (TPSA) is 48.0 Å². The molecule has 1 atom stereocenters. The number of carbonyl (C=O) groups excluding carboxylic acids is 1. The zero-order valence-electron chi connectivity index (χ0n) is 15.7. The van der Waals surface area contributed by atoms with Crippen LogP contribution in [0.15, 0.2) is 48.5 Å². The van der Waals surface area contributed by atoms with Gasteiger partial charge in [-0.2, -0.15) is 0 Å². The first-order valence-electron chi connectivity index (χ1n) is 9.73. The van der Waals surface area contributed by atoms with Crippen molar-refractivity contribution in [2.75, 3.05) is 26.4 Å². The molecule has 6 heteroatoms. The van der Waals surface area contributed by atoms with Gasteiger partial charge in [0.15, 0.2) is 12.9 Å². The van der Waals surface area contributed by atoms with E-state index in [0.29, 0.717) is 30.5 Å². The van der Waals surface area contributed by atoms with E-state index in [4.69, 9.17) is 25.8 Å². The number of halogens is 1. The number of likely N-dealkylation sites (tertiary alicyclic amines) is 1. The third-order valence-corrected chi connectivity index (χ3v) is 5.52. The van der Waals surface area contributed by atoms with Crippen molar-refractivity contribution >= 4 is 17.5 Å². The minimum Gasteiger partial charge on any atom is -0.482 e. The molecule has 28 heavy (non-hydrogen) atoms. The van der Waals surface area contributed by atoms with E-state index in [1.165, 1.54) is 0 Å². The first-order chi connectivity index (χ1) is 13.7. The van der Waals surface area contributed by atoms with Crippen molar-refractivity contribution in [3.63, 3.8) is 0 Å². The van der Waals surface area contributed by atoms with Crippen molar-refractivity contribution in [3.05, 3.63) is 53.6 Å². The molecular weight excluding hydrogens is 378 g/mol. The zero-order chi connectivity index (χ0) is 19.3. The molecule has 2 aliphatic heterocycles. The highest BCUT2D eigenvalue weighted by Gasteiger charge is 2.36. The highest BCUT2D eigenvalue weighted by Crippen LogP contribution is 2.31. The van der Waals surface area contributed by atoms with Crippen LogP contribution in [0.1, 0.15) is 19.3 Å². The lowest BCUT2D eigenvalue weighted by Crippen LogP contribution is -2.51. The van der Waals surface area contributed by atoms with Crippen LogP contribution < -0.4 is 4.74 Å². The molecule has 4 rings (SSSR count). The normalized spacial score (nSPS) is 20.3. The lowest BCUT2D eigenvalue weighted by molar-refractivity contribution is -0.152. The molecule has 1 unspecified atom stereocenters. The van der Waals surface area contributed by atoms with Gasteiger partial charge < -0.3 is 19.1 Å². The Morgan fingerprint density at radius 1 is 1.07 bits per heavy atom. The van der Waals surface area contributed by atoms with E-state index in [-0.39, 0.29) is 24.8 Å². The summed E-state index contributed by atoms with van der Waals surface area (Å²) in [6, 6.07) is 15.6. The van der Waals surface area contributed by atoms with Crippen molar-refractivity contribution in [2.45, 2.75) is 31.6 Å². The summed E-state index contributed by atoms with van der Waals surface area (Å²) in [7, 11) is 0. The van der Waals surface area contributed by atoms with E-state index >= 15 is 0 Å². The summed E-state index contributed by atoms with van der Waals surface area (Å²) < 4.78 is 17.0. The number of hydrogen-bond donors (Lipinski definition) is 0. The largest absolute Gasteiger partial charge is 0.482 e. The van der Waals surface area contributed by atoms with Crippen LogP contribution in [0, 0.1) is 0 Å². The molecule has 0 spiro atoms. The molecule has 2 aliphatic rings. The number of rotatable bonds is 5. The van der Waals surface area contributed by atoms with Crippen molar-refractivity contribution in [3.8, 4) is 16.9 Å². The number of benzene rings is 2. The third-order valence-electron chi connectivity index (χ3n) is 5.22. The van der Waals surface area contributed by atoms with Gasteiger partial charge in [0.25, 0.3) is 5.91 Å². The van der Waals surface area contributed by atoms with Gasteiger partial charge in [-0.15, -0.1) is 0 Å². The van der Waals surface area contributed by atoms with Gasteiger partial charge in [-0.05, 0) is 42.5 Å². The number of amides is 1. The maximum atomic E-state index is 12.8. The van der Waals surface area contributed by atoms with Gasteiger partial charge >= 0.3 is 0 Å². The first-order valence-corrected chi connectivity index (χ1v) is 10.1. The summed E-state index contributed by atoms with van der Waals surface area (Å²) in [5.41, 5.74) is 2.09. The van der Waals surface area contributed by atoms with E-state index in [9.17, 15) is 4.79 Å². The van der Waals surface area contributed by atoms with Crippen LogP contribution in [0.2, 0.25) is 5.02 Å². The Labute approximate surface area is 170 Å². The number of piperidine rings is 1. The molecule has 2 saturated heterocycles. The van der Waals surface area contributed by atoms with Gasteiger partial charge in [0.2, 0.25) is 0 Å². The smallest absolute Gasteiger partial charge is 0.260 e. The molecule has 0 N–H and O–H groups in total. The Balaban J connectivity index is 1.40. The molecule has 0 aliphatic carbocycles. The van der Waals surface area contributed by atoms with Gasteiger partial charge in [0, 0.05) is 6.54 Å². The number of nitrogens with zero attached hydrogens (tertiary/aromatic N) is 1. The van der Waals surface area contributed by atoms with Crippen LogP contribution >= 0.6 is 11.6 Å². The molecule has 1 amide bonds. The Kier molecular flexibility index (Phi) is 6.15. The van der Waals surface area contributed by atoms with Gasteiger partial charge in [0.05, 0.1) is 24.3 Å². The lowest BCUT2D eigenvalue weighted by atomic mass is 10.0. The summed E-state index contributed by atoms with van der Waals surface area (Å²) in [6.07, 6.45) is 2.63. The van der Waals surface area contributed by atoms with Crippen molar-refractivity contribution in [1.29, 1.82) is 0 Å². The molecule has 0 radical (unpaired) electrons. The quantitative estimate of drug-likeness (QED) is 0.755. The Hall–Kier alpha value is -2.08. The average molecular weight is 402 g/mol. The predicted octanol–water partition coefficient (Wildman–Crippen LogP) is 4.14. The minimum absolute atomic E-state index is 0.0386. The van der Waals surface area contributed by atoms with Crippen LogP contribution in [0.4, 0.5) is 0 Å². The molecule has 2 heterocycles. The van der Waals surface area contributed by atoms with E-state index in [1.54, 1.807) is 0 Å². The van der Waals surface area contributed by atoms with Gasteiger partial charge in [0.1, 0.15) is 5.75 Å². The molecule has 148 valence electrons. The summed E-state index contributed by atoms with van der Waals surface area (Å²) in [5.74, 6) is 0.448. The molecule has 0 saturated carbocycles. The average Bonchev–Trinajstić information content (AvgIpc) is 3.28. The van der Waals surface area contributed by atoms with Crippen LogP contribution in [-0.4, -0.2) is 49.5 Å². The van der Waals surface area contributed by atoms with Crippen molar-refractivity contribution in [1.82, 2.24) is 4.90 Å². The SMILES string of the molecule is O=C(COc1ccc(-c2ccccc2)cc1Cl)N1CCCCC1C1OCCO1. The molecular formula is C22H24ClNO4. The van der Waals surface area contributed by atoms with Crippen molar-refractivity contribution in [2.24, 2.45) is 0 Å². The van der Waals surface area contributed by atoms with Crippen LogP contribution in [-0.2, 0) is 14.3 Å². The van der Waals surface area contributed by atoms with Gasteiger partial charge in [-0.1, -0.05) is 48.0 Å². The molecule has 0 bridgehead atoms. The van der Waals surface area contributed by atoms with E-state index < -0.39 is 0 Å². The van der Waals surface area contributed by atoms with E-state index in [1.807, 2.05) is 53.4 Å². The Morgan fingerprint density at radius 2 is 1.86 bits per heavy atom. The minimum atomic E-state index is -0.321. The standard InChI is InChI=1S/C22H24ClNO4/c23-18-14-17(16-6-2-1-3-7-16)9-10-20(18)28-15-21(25)24-11-5-4-8-19(24)22-26-12-13-27-22/h1-3,6-7,9-10,14,19,22H,4-5,8,11-13,15H2. The maximum Gasteiger partial charge on any atom is 0.260 e. The summed E-state index contributed by atoms with van der Waals surface area (Å²) in [5, 5.41) is 0.492. The predicted molar refractivity (Wildman–Crippen MR) is 107 cm³/mol. The first kappa shape index (κ1) is 19.2. The fraction of sp³-hybridized carbons (Fsp3) is 0.409. The molecule has 5 nitrogen and oxygen atoms in total. The van der Waals surface area contributed by atoms with Crippen LogP contribution in [0.3, 0.4) is 0 Å². The fourth-order valence-electron chi connectivity index (χ4n) is 3.80. The number of hydrogen-bond acceptors (Lipinski definition) is 4. The van der Waals surface area contributed by atoms with Gasteiger partial charge in [-0.3, -0.25) is 4.79 Å². The summed E-state index contributed by atoms with van der Waals surface area (Å²) in [4.78, 5) is 14.6. The highest BCUT2D eigenvalue weighted by molar-refractivity contribution is 6.32. The maximum absolute atomic E-state index is 12.8. The second-order valence-electron chi connectivity index (χ2n) is 7.06. The molecule has 2 aromatic rings. The number of ether oxygens (including phenoxy) is 3. The summed E-state index contributed by atoms with van der Waals surface area (Å²) >= 11 is 6.39. The molecule has 0 aromatic heterocycles. The third kappa shape index (κ3) is 4.32. The zero-order valence-corrected chi connectivity index (χ0v) is 16.4. The second-order valence-corrected chi connectivity index (χ2v) is 7.47. The lowest BCUT2D eigenvalue weighted by Gasteiger charge is -2.37. The number of carbonyl (C=O) groups is 1. The van der Waals surface area contributed by atoms with Gasteiger partial charge in [-0.25, -0.2) is 0 Å². The fourth-order valence-corrected chi connectivity index (χ4v) is 4.03. The van der Waals surface area contributed by atoms with E-state index in [0.717, 1.165) is 30.4 Å². The van der Waals surface area contributed by atoms with Crippen molar-refractivity contribution < 1.29 is 19.0 Å². The Morgan fingerprint density at radius 3 is 2.61 bits per heavy atom. The Bertz CT molecular complexity index is 807. The second kappa shape index (κ2) is 8.95. The summed E-state index contributed by atoms with van der Waals surface area (Å²) in [6.45, 7) is 1.83. The molecule has 2 fully saturated rings. The van der Waals surface area contributed by atoms with Crippen LogP contribution in [0.25, 0.3) is 11.1 Å². The monoisotopic (exact) mass is 401 g/mol. The highest BCUT2D eigenvalue weighted by atomic mass is 35.5. The van der Waals surface area contributed by atoms with E-state index in [2.05, 4.69) is 0 Å². The molecule has 2 aromatic carbocycles. The van der Waals surface area contributed by atoms with Crippen LogP contribution in [0.5, 0.6) is 5.75 Å².